The van der Waals surface area contributed by atoms with Crippen molar-refractivity contribution in [3.63, 3.8) is 0 Å². The van der Waals surface area contributed by atoms with E-state index in [1.807, 2.05) is 30.3 Å². The van der Waals surface area contributed by atoms with Crippen molar-refractivity contribution in [2.45, 2.75) is 26.4 Å². The molecule has 0 saturated heterocycles. The lowest BCUT2D eigenvalue weighted by Gasteiger charge is -2.24. The second kappa shape index (κ2) is 8.32. The zero-order chi connectivity index (χ0) is 15.0. The fourth-order valence-electron chi connectivity index (χ4n) is 1.86. The molecule has 0 spiro atoms. The number of ether oxygens (including phenoxy) is 2. The SMILES string of the molecule is CCOC(=O)C(C(=O)OCC)N(C)Cc1ccccc1. The molecular formula is C15H21NO4. The van der Waals surface area contributed by atoms with E-state index in [2.05, 4.69) is 0 Å². The summed E-state index contributed by atoms with van der Waals surface area (Å²) in [5.41, 5.74) is 1.01. The molecule has 1 aromatic rings. The van der Waals surface area contributed by atoms with Gasteiger partial charge in [0.25, 0.3) is 0 Å². The Morgan fingerprint density at radius 2 is 1.55 bits per heavy atom. The molecule has 0 saturated carbocycles. The molecule has 5 heteroatoms. The molecule has 1 aromatic carbocycles. The zero-order valence-corrected chi connectivity index (χ0v) is 12.2. The van der Waals surface area contributed by atoms with E-state index in [0.717, 1.165) is 5.56 Å². The molecule has 0 aliphatic carbocycles. The van der Waals surface area contributed by atoms with Crippen LogP contribution in [-0.2, 0) is 25.6 Å². The number of carbonyl (C=O) groups excluding carboxylic acids is 2. The topological polar surface area (TPSA) is 55.8 Å². The van der Waals surface area contributed by atoms with Gasteiger partial charge < -0.3 is 9.47 Å². The van der Waals surface area contributed by atoms with Gasteiger partial charge in [-0.05, 0) is 26.5 Å². The maximum atomic E-state index is 11.9. The van der Waals surface area contributed by atoms with Crippen LogP contribution in [0.25, 0.3) is 0 Å². The highest BCUT2D eigenvalue weighted by molar-refractivity contribution is 5.99. The van der Waals surface area contributed by atoms with E-state index >= 15 is 0 Å². The van der Waals surface area contributed by atoms with Gasteiger partial charge >= 0.3 is 11.9 Å². The number of nitrogens with zero attached hydrogens (tertiary/aromatic N) is 1. The lowest BCUT2D eigenvalue weighted by molar-refractivity contribution is -0.163. The van der Waals surface area contributed by atoms with Gasteiger partial charge in [-0.1, -0.05) is 30.3 Å². The first-order chi connectivity index (χ1) is 9.60. The van der Waals surface area contributed by atoms with E-state index in [1.54, 1.807) is 25.8 Å². The second-order valence-corrected chi connectivity index (χ2v) is 4.31. The average molecular weight is 279 g/mol. The number of hydrogen-bond acceptors (Lipinski definition) is 5. The Morgan fingerprint density at radius 3 is 2.00 bits per heavy atom. The van der Waals surface area contributed by atoms with Crippen molar-refractivity contribution in [3.05, 3.63) is 35.9 Å². The van der Waals surface area contributed by atoms with Crippen molar-refractivity contribution in [3.8, 4) is 0 Å². The molecule has 0 aromatic heterocycles. The third kappa shape index (κ3) is 4.66. The van der Waals surface area contributed by atoms with Crippen LogP contribution < -0.4 is 0 Å². The van der Waals surface area contributed by atoms with Gasteiger partial charge in [0.1, 0.15) is 0 Å². The Balaban J connectivity index is 2.80. The maximum absolute atomic E-state index is 11.9. The molecule has 0 amide bonds. The van der Waals surface area contributed by atoms with Crippen molar-refractivity contribution in [1.82, 2.24) is 4.90 Å². The molecule has 0 aliphatic heterocycles. The molecule has 0 heterocycles. The van der Waals surface area contributed by atoms with Crippen LogP contribution in [0, 0.1) is 0 Å². The summed E-state index contributed by atoms with van der Waals surface area (Å²) < 4.78 is 9.90. The monoisotopic (exact) mass is 279 g/mol. The summed E-state index contributed by atoms with van der Waals surface area (Å²) in [5, 5.41) is 0. The summed E-state index contributed by atoms with van der Waals surface area (Å²) in [6.45, 7) is 4.33. The molecule has 0 atom stereocenters. The Hall–Kier alpha value is -1.88. The summed E-state index contributed by atoms with van der Waals surface area (Å²) in [6.07, 6.45) is 0. The molecule has 0 unspecified atom stereocenters. The van der Waals surface area contributed by atoms with E-state index in [1.165, 1.54) is 0 Å². The summed E-state index contributed by atoms with van der Waals surface area (Å²) in [4.78, 5) is 25.5. The first-order valence-corrected chi connectivity index (χ1v) is 6.67. The summed E-state index contributed by atoms with van der Waals surface area (Å²) in [7, 11) is 1.70. The Labute approximate surface area is 119 Å². The quantitative estimate of drug-likeness (QED) is 0.560. The van der Waals surface area contributed by atoms with E-state index < -0.39 is 18.0 Å². The van der Waals surface area contributed by atoms with Crippen LogP contribution in [0.1, 0.15) is 19.4 Å². The molecular weight excluding hydrogens is 258 g/mol. The Kier molecular flexibility index (Phi) is 6.73. The highest BCUT2D eigenvalue weighted by Crippen LogP contribution is 2.09. The minimum atomic E-state index is -1.03. The molecule has 0 N–H and O–H groups in total. The highest BCUT2D eigenvalue weighted by atomic mass is 16.6. The Morgan fingerprint density at radius 1 is 1.05 bits per heavy atom. The molecule has 110 valence electrons. The number of esters is 2. The third-order valence-electron chi connectivity index (χ3n) is 2.74. The minimum absolute atomic E-state index is 0.230. The number of benzene rings is 1. The lowest BCUT2D eigenvalue weighted by Crippen LogP contribution is -2.46. The van der Waals surface area contributed by atoms with Crippen molar-refractivity contribution in [2.75, 3.05) is 20.3 Å². The van der Waals surface area contributed by atoms with Crippen molar-refractivity contribution >= 4 is 11.9 Å². The van der Waals surface area contributed by atoms with Crippen molar-refractivity contribution < 1.29 is 19.1 Å². The molecule has 0 aliphatic rings. The summed E-state index contributed by atoms with van der Waals surface area (Å²) >= 11 is 0. The van der Waals surface area contributed by atoms with Gasteiger partial charge in [0.2, 0.25) is 6.04 Å². The number of likely N-dealkylation sites (N-methyl/N-ethyl adjacent to an activating group) is 1. The standard InChI is InChI=1S/C15H21NO4/c1-4-19-14(17)13(15(18)20-5-2)16(3)11-12-9-7-6-8-10-12/h6-10,13H,4-5,11H2,1-3H3. The van der Waals surface area contributed by atoms with Gasteiger partial charge in [-0.25, -0.2) is 9.59 Å². The van der Waals surface area contributed by atoms with Gasteiger partial charge in [0.05, 0.1) is 13.2 Å². The minimum Gasteiger partial charge on any atom is -0.464 e. The summed E-state index contributed by atoms with van der Waals surface area (Å²) in [5.74, 6) is -1.16. The molecule has 0 fully saturated rings. The smallest absolute Gasteiger partial charge is 0.335 e. The van der Waals surface area contributed by atoms with Crippen molar-refractivity contribution in [1.29, 1.82) is 0 Å². The summed E-state index contributed by atoms with van der Waals surface area (Å²) in [6, 6.07) is 8.57. The van der Waals surface area contributed by atoms with Gasteiger partial charge in [-0.2, -0.15) is 0 Å². The van der Waals surface area contributed by atoms with Crippen LogP contribution in [0.2, 0.25) is 0 Å². The molecule has 1 rings (SSSR count). The predicted molar refractivity (Wildman–Crippen MR) is 75.0 cm³/mol. The fraction of sp³-hybridized carbons (Fsp3) is 0.467. The number of rotatable bonds is 7. The molecule has 20 heavy (non-hydrogen) atoms. The Bertz CT molecular complexity index is 415. The fourth-order valence-corrected chi connectivity index (χ4v) is 1.86. The van der Waals surface area contributed by atoms with Gasteiger partial charge in [-0.15, -0.1) is 0 Å². The van der Waals surface area contributed by atoms with E-state index in [9.17, 15) is 9.59 Å². The van der Waals surface area contributed by atoms with E-state index in [0.29, 0.717) is 6.54 Å². The largest absolute Gasteiger partial charge is 0.464 e. The third-order valence-corrected chi connectivity index (χ3v) is 2.74. The predicted octanol–water partition coefficient (Wildman–Crippen LogP) is 1.61. The molecule has 5 nitrogen and oxygen atoms in total. The van der Waals surface area contributed by atoms with Crippen LogP contribution >= 0.6 is 0 Å². The van der Waals surface area contributed by atoms with Crippen LogP contribution in [0.4, 0.5) is 0 Å². The normalized spacial score (nSPS) is 10.7. The molecule has 0 radical (unpaired) electrons. The first-order valence-electron chi connectivity index (χ1n) is 6.67. The highest BCUT2D eigenvalue weighted by Gasteiger charge is 2.33. The van der Waals surface area contributed by atoms with Gasteiger partial charge in [0.15, 0.2) is 0 Å². The zero-order valence-electron chi connectivity index (χ0n) is 12.2. The number of carbonyl (C=O) groups is 2. The molecule has 0 bridgehead atoms. The van der Waals surface area contributed by atoms with Gasteiger partial charge in [-0.3, -0.25) is 4.90 Å². The maximum Gasteiger partial charge on any atom is 0.335 e. The van der Waals surface area contributed by atoms with Crippen LogP contribution in [0.3, 0.4) is 0 Å². The first kappa shape index (κ1) is 16.2. The number of hydrogen-bond donors (Lipinski definition) is 0. The van der Waals surface area contributed by atoms with Crippen LogP contribution in [0.5, 0.6) is 0 Å². The van der Waals surface area contributed by atoms with Gasteiger partial charge in [0, 0.05) is 6.54 Å². The van der Waals surface area contributed by atoms with Crippen molar-refractivity contribution in [2.24, 2.45) is 0 Å². The second-order valence-electron chi connectivity index (χ2n) is 4.31. The average Bonchev–Trinajstić information content (AvgIpc) is 2.40. The van der Waals surface area contributed by atoms with E-state index in [-0.39, 0.29) is 13.2 Å². The van der Waals surface area contributed by atoms with Crippen LogP contribution in [0.15, 0.2) is 30.3 Å². The van der Waals surface area contributed by atoms with E-state index in [4.69, 9.17) is 9.47 Å². The lowest BCUT2D eigenvalue weighted by atomic mass is 10.2. The van der Waals surface area contributed by atoms with Crippen LogP contribution in [-0.4, -0.2) is 43.1 Å².